The molecule has 2 aliphatic rings. The summed E-state index contributed by atoms with van der Waals surface area (Å²) in [6, 6.07) is 12.6. The molecule has 1 N–H and O–H groups in total. The number of amides is 1. The molecule has 0 aromatic heterocycles. The van der Waals surface area contributed by atoms with Crippen molar-refractivity contribution in [1.29, 1.82) is 0 Å². The molecule has 2 aliphatic heterocycles. The summed E-state index contributed by atoms with van der Waals surface area (Å²) in [4.78, 5) is 15.3. The molecule has 2 aromatic rings. The maximum atomic E-state index is 13.2. The minimum Gasteiger partial charge on any atom is -0.369 e. The first-order valence-corrected chi connectivity index (χ1v) is 12.1. The van der Waals surface area contributed by atoms with Gasteiger partial charge in [0.05, 0.1) is 10.6 Å². The molecule has 1 atom stereocenters. The second-order valence-corrected chi connectivity index (χ2v) is 11.1. The van der Waals surface area contributed by atoms with Crippen molar-refractivity contribution in [2.24, 2.45) is 0 Å². The summed E-state index contributed by atoms with van der Waals surface area (Å²) in [5.41, 5.74) is 1.57. The highest BCUT2D eigenvalue weighted by Crippen LogP contribution is 2.36. The number of benzene rings is 2. The van der Waals surface area contributed by atoms with Crippen LogP contribution in [0.4, 0.5) is 11.4 Å². The molecule has 1 fully saturated rings. The molecule has 9 heteroatoms. The molecular formula is C20H22ClN3O3S2. The van der Waals surface area contributed by atoms with E-state index in [1.807, 2.05) is 31.2 Å². The van der Waals surface area contributed by atoms with Crippen molar-refractivity contribution >= 4 is 50.7 Å². The van der Waals surface area contributed by atoms with Gasteiger partial charge in [0, 0.05) is 53.5 Å². The molecule has 1 amide bonds. The normalized spacial score (nSPS) is 20.7. The first kappa shape index (κ1) is 20.5. The highest BCUT2D eigenvalue weighted by Gasteiger charge is 2.30. The molecule has 0 spiro atoms. The lowest BCUT2D eigenvalue weighted by Gasteiger charge is -2.35. The van der Waals surface area contributed by atoms with Crippen LogP contribution in [0.3, 0.4) is 0 Å². The Morgan fingerprint density at radius 1 is 1.10 bits per heavy atom. The van der Waals surface area contributed by atoms with E-state index in [0.717, 1.165) is 10.6 Å². The standard InChI is InChI=1S/C20H22ClN3O3S2/c1-14-11-20(25)22-18-13-17(5-6-19(18)28-14)29(26,27)24-9-7-23(8-10-24)16-4-2-3-15(21)12-16/h2-6,12-14H,7-11H2,1H3,(H,22,25)/t14-/m1/s1. The Kier molecular flexibility index (Phi) is 5.79. The number of piperazine rings is 1. The van der Waals surface area contributed by atoms with E-state index in [2.05, 4.69) is 10.2 Å². The fraction of sp³-hybridized carbons (Fsp3) is 0.350. The lowest BCUT2D eigenvalue weighted by atomic mass is 10.2. The average molecular weight is 452 g/mol. The first-order chi connectivity index (χ1) is 13.8. The number of halogens is 1. The van der Waals surface area contributed by atoms with E-state index >= 15 is 0 Å². The van der Waals surface area contributed by atoms with Gasteiger partial charge in [0.15, 0.2) is 0 Å². The molecule has 0 bridgehead atoms. The summed E-state index contributed by atoms with van der Waals surface area (Å²) < 4.78 is 27.8. The highest BCUT2D eigenvalue weighted by atomic mass is 35.5. The lowest BCUT2D eigenvalue weighted by Crippen LogP contribution is -2.48. The monoisotopic (exact) mass is 451 g/mol. The van der Waals surface area contributed by atoms with E-state index in [1.54, 1.807) is 30.0 Å². The number of anilines is 2. The second-order valence-electron chi connectivity index (χ2n) is 7.21. The van der Waals surface area contributed by atoms with Gasteiger partial charge in [-0.05, 0) is 36.4 Å². The highest BCUT2D eigenvalue weighted by molar-refractivity contribution is 8.00. The van der Waals surface area contributed by atoms with Crippen molar-refractivity contribution in [1.82, 2.24) is 4.31 Å². The van der Waals surface area contributed by atoms with E-state index in [4.69, 9.17) is 11.6 Å². The number of nitrogens with zero attached hydrogens (tertiary/aromatic N) is 2. The molecule has 0 aliphatic carbocycles. The summed E-state index contributed by atoms with van der Waals surface area (Å²) in [5.74, 6) is -0.0894. The smallest absolute Gasteiger partial charge is 0.243 e. The van der Waals surface area contributed by atoms with Crippen LogP contribution in [0, 0.1) is 0 Å². The number of fused-ring (bicyclic) bond motifs is 1. The predicted octanol–water partition coefficient (Wildman–Crippen LogP) is 3.67. The largest absolute Gasteiger partial charge is 0.369 e. The van der Waals surface area contributed by atoms with Gasteiger partial charge in [-0.15, -0.1) is 11.8 Å². The van der Waals surface area contributed by atoms with Crippen molar-refractivity contribution in [3.8, 4) is 0 Å². The van der Waals surface area contributed by atoms with Crippen LogP contribution in [0.25, 0.3) is 0 Å². The SMILES string of the molecule is C[C@@H]1CC(=O)Nc2cc(S(=O)(=O)N3CCN(c4cccc(Cl)c4)CC3)ccc2S1. The number of thioether (sulfide) groups is 1. The molecule has 2 aromatic carbocycles. The zero-order valence-electron chi connectivity index (χ0n) is 16.0. The topological polar surface area (TPSA) is 69.7 Å². The van der Waals surface area contributed by atoms with Gasteiger partial charge in [-0.25, -0.2) is 8.42 Å². The Bertz CT molecular complexity index is 1040. The molecule has 0 saturated carbocycles. The zero-order chi connectivity index (χ0) is 20.6. The van der Waals surface area contributed by atoms with Gasteiger partial charge < -0.3 is 10.2 Å². The third-order valence-electron chi connectivity index (χ3n) is 5.08. The first-order valence-electron chi connectivity index (χ1n) is 9.44. The van der Waals surface area contributed by atoms with Gasteiger partial charge in [0.25, 0.3) is 0 Å². The number of carbonyl (C=O) groups excluding carboxylic acids is 1. The minimum atomic E-state index is -3.63. The molecule has 6 nitrogen and oxygen atoms in total. The Morgan fingerprint density at radius 3 is 2.59 bits per heavy atom. The van der Waals surface area contributed by atoms with Crippen LogP contribution in [0.5, 0.6) is 0 Å². The molecule has 2 heterocycles. The average Bonchev–Trinajstić information content (AvgIpc) is 2.83. The third kappa shape index (κ3) is 4.40. The van der Waals surface area contributed by atoms with Crippen LogP contribution < -0.4 is 10.2 Å². The Hall–Kier alpha value is -1.74. The van der Waals surface area contributed by atoms with E-state index in [-0.39, 0.29) is 16.1 Å². The van der Waals surface area contributed by atoms with Crippen molar-refractivity contribution in [2.75, 3.05) is 36.4 Å². The number of hydrogen-bond acceptors (Lipinski definition) is 5. The van der Waals surface area contributed by atoms with Crippen LogP contribution in [0.2, 0.25) is 5.02 Å². The zero-order valence-corrected chi connectivity index (χ0v) is 18.4. The lowest BCUT2D eigenvalue weighted by molar-refractivity contribution is -0.116. The number of hydrogen-bond donors (Lipinski definition) is 1. The Balaban J connectivity index is 1.52. The van der Waals surface area contributed by atoms with Crippen LogP contribution in [0.15, 0.2) is 52.3 Å². The maximum absolute atomic E-state index is 13.2. The number of sulfonamides is 1. The van der Waals surface area contributed by atoms with E-state index in [9.17, 15) is 13.2 Å². The fourth-order valence-electron chi connectivity index (χ4n) is 3.60. The fourth-order valence-corrected chi connectivity index (χ4v) is 6.28. The molecule has 29 heavy (non-hydrogen) atoms. The number of rotatable bonds is 3. The van der Waals surface area contributed by atoms with Crippen LogP contribution in [-0.2, 0) is 14.8 Å². The van der Waals surface area contributed by atoms with Crippen LogP contribution >= 0.6 is 23.4 Å². The molecule has 0 radical (unpaired) electrons. The van der Waals surface area contributed by atoms with Crippen LogP contribution in [0.1, 0.15) is 13.3 Å². The van der Waals surface area contributed by atoms with Crippen molar-refractivity contribution in [3.63, 3.8) is 0 Å². The van der Waals surface area contributed by atoms with Gasteiger partial charge in [-0.2, -0.15) is 4.31 Å². The Labute approximate surface area is 180 Å². The maximum Gasteiger partial charge on any atom is 0.243 e. The van der Waals surface area contributed by atoms with Crippen molar-refractivity contribution < 1.29 is 13.2 Å². The Morgan fingerprint density at radius 2 is 1.86 bits per heavy atom. The molecular weight excluding hydrogens is 430 g/mol. The molecule has 0 unspecified atom stereocenters. The van der Waals surface area contributed by atoms with Gasteiger partial charge in [-0.3, -0.25) is 4.79 Å². The number of carbonyl (C=O) groups is 1. The van der Waals surface area contributed by atoms with Crippen molar-refractivity contribution in [2.45, 2.75) is 28.4 Å². The van der Waals surface area contributed by atoms with Crippen LogP contribution in [-0.4, -0.2) is 50.1 Å². The van der Waals surface area contributed by atoms with E-state index in [0.29, 0.717) is 43.3 Å². The van der Waals surface area contributed by atoms with Crippen molar-refractivity contribution in [3.05, 3.63) is 47.5 Å². The molecule has 1 saturated heterocycles. The van der Waals surface area contributed by atoms with Gasteiger partial charge >= 0.3 is 0 Å². The quantitative estimate of drug-likeness (QED) is 0.770. The third-order valence-corrected chi connectivity index (χ3v) is 8.38. The number of nitrogens with one attached hydrogen (secondary N) is 1. The summed E-state index contributed by atoms with van der Waals surface area (Å²) in [7, 11) is -3.63. The van der Waals surface area contributed by atoms with Gasteiger partial charge in [0.2, 0.25) is 15.9 Å². The van der Waals surface area contributed by atoms with E-state index in [1.165, 1.54) is 4.31 Å². The van der Waals surface area contributed by atoms with E-state index < -0.39 is 10.0 Å². The molecule has 154 valence electrons. The van der Waals surface area contributed by atoms with Gasteiger partial charge in [-0.1, -0.05) is 24.6 Å². The molecule has 4 rings (SSSR count). The minimum absolute atomic E-state index is 0.0894. The second kappa shape index (κ2) is 8.18. The van der Waals surface area contributed by atoms with Gasteiger partial charge in [0.1, 0.15) is 0 Å². The summed E-state index contributed by atoms with van der Waals surface area (Å²) >= 11 is 7.65. The summed E-state index contributed by atoms with van der Waals surface area (Å²) in [5, 5.41) is 3.65. The summed E-state index contributed by atoms with van der Waals surface area (Å²) in [6.45, 7) is 3.96. The predicted molar refractivity (Wildman–Crippen MR) is 117 cm³/mol. The summed E-state index contributed by atoms with van der Waals surface area (Å²) in [6.07, 6.45) is 0.410.